The number of aryl methyl sites for hydroxylation is 1. The maximum absolute atomic E-state index is 12.9. The Morgan fingerprint density at radius 1 is 1.26 bits per heavy atom. The van der Waals surface area contributed by atoms with E-state index in [4.69, 9.17) is 0 Å². The summed E-state index contributed by atoms with van der Waals surface area (Å²) in [6, 6.07) is 7.52. The standard InChI is InChI=1S/C19H26N4O3S/c1-14(16-4-6-17(7-5-16)23-13-12-21-15(23)2)22-18(24)19(27(3,25)26)8-10-20-11-9-19/h4-7,12-14,20H,8-11H2,1-3H3,(H,22,24). The molecule has 1 aromatic carbocycles. The van der Waals surface area contributed by atoms with Gasteiger partial charge in [-0.3, -0.25) is 4.79 Å². The predicted octanol–water partition coefficient (Wildman–Crippen LogP) is 1.52. The van der Waals surface area contributed by atoms with Crippen molar-refractivity contribution in [3.05, 3.63) is 48.0 Å². The van der Waals surface area contributed by atoms with E-state index in [-0.39, 0.29) is 6.04 Å². The van der Waals surface area contributed by atoms with Crippen LogP contribution in [-0.2, 0) is 14.6 Å². The highest BCUT2D eigenvalue weighted by atomic mass is 32.2. The zero-order chi connectivity index (χ0) is 19.7. The third-order valence-electron chi connectivity index (χ3n) is 5.38. The number of sulfone groups is 1. The van der Waals surface area contributed by atoms with Crippen molar-refractivity contribution < 1.29 is 13.2 Å². The molecule has 8 heteroatoms. The molecule has 1 amide bonds. The second-order valence-electron chi connectivity index (χ2n) is 7.15. The van der Waals surface area contributed by atoms with E-state index in [1.54, 1.807) is 6.20 Å². The Morgan fingerprint density at radius 3 is 2.41 bits per heavy atom. The second kappa shape index (κ2) is 7.44. The third-order valence-corrected chi connectivity index (χ3v) is 7.39. The van der Waals surface area contributed by atoms with Gasteiger partial charge in [-0.25, -0.2) is 13.4 Å². The first kappa shape index (κ1) is 19.6. The second-order valence-corrected chi connectivity index (χ2v) is 9.47. The molecule has 0 radical (unpaired) electrons. The molecule has 1 saturated heterocycles. The maximum Gasteiger partial charge on any atom is 0.242 e. The monoisotopic (exact) mass is 390 g/mol. The molecule has 1 unspecified atom stereocenters. The fraction of sp³-hybridized carbons (Fsp3) is 0.474. The molecular formula is C19H26N4O3S. The summed E-state index contributed by atoms with van der Waals surface area (Å²) in [4.78, 5) is 17.1. The van der Waals surface area contributed by atoms with Gasteiger partial charge in [0.2, 0.25) is 5.91 Å². The molecule has 1 fully saturated rings. The average Bonchev–Trinajstić information content (AvgIpc) is 3.07. The van der Waals surface area contributed by atoms with Crippen LogP contribution in [-0.4, -0.2) is 48.0 Å². The van der Waals surface area contributed by atoms with E-state index in [2.05, 4.69) is 15.6 Å². The quantitative estimate of drug-likeness (QED) is 0.808. The maximum atomic E-state index is 12.9. The average molecular weight is 391 g/mol. The van der Waals surface area contributed by atoms with Gasteiger partial charge >= 0.3 is 0 Å². The molecule has 1 aromatic heterocycles. The van der Waals surface area contributed by atoms with Crippen LogP contribution >= 0.6 is 0 Å². The van der Waals surface area contributed by atoms with Gasteiger partial charge in [0.15, 0.2) is 14.6 Å². The summed E-state index contributed by atoms with van der Waals surface area (Å²) in [6.07, 6.45) is 5.38. The van der Waals surface area contributed by atoms with E-state index in [1.807, 2.05) is 48.9 Å². The van der Waals surface area contributed by atoms with Gasteiger partial charge in [-0.1, -0.05) is 12.1 Å². The zero-order valence-corrected chi connectivity index (χ0v) is 16.7. The van der Waals surface area contributed by atoms with E-state index < -0.39 is 20.5 Å². The van der Waals surface area contributed by atoms with Gasteiger partial charge < -0.3 is 15.2 Å². The van der Waals surface area contributed by atoms with Crippen LogP contribution in [0.4, 0.5) is 0 Å². The van der Waals surface area contributed by atoms with E-state index in [0.29, 0.717) is 25.9 Å². The number of hydrogen-bond donors (Lipinski definition) is 2. The van der Waals surface area contributed by atoms with Crippen LogP contribution < -0.4 is 10.6 Å². The number of piperidine rings is 1. The largest absolute Gasteiger partial charge is 0.348 e. The molecule has 3 rings (SSSR count). The zero-order valence-electron chi connectivity index (χ0n) is 15.9. The summed E-state index contributed by atoms with van der Waals surface area (Å²) in [6.45, 7) is 4.84. The summed E-state index contributed by atoms with van der Waals surface area (Å²) in [5.74, 6) is 0.485. The van der Waals surface area contributed by atoms with Gasteiger partial charge in [0.1, 0.15) is 5.82 Å². The number of carbonyl (C=O) groups is 1. The third kappa shape index (κ3) is 3.77. The Kier molecular flexibility index (Phi) is 5.39. The molecule has 0 spiro atoms. The lowest BCUT2D eigenvalue weighted by atomic mass is 9.95. The molecule has 0 saturated carbocycles. The van der Waals surface area contributed by atoms with Crippen LogP contribution in [0.1, 0.15) is 37.2 Å². The number of hydrogen-bond acceptors (Lipinski definition) is 5. The number of rotatable bonds is 5. The minimum Gasteiger partial charge on any atom is -0.348 e. The number of benzene rings is 1. The SMILES string of the molecule is Cc1nccn1-c1ccc(C(C)NC(=O)C2(S(C)(=O)=O)CCNCC2)cc1. The van der Waals surface area contributed by atoms with Crippen molar-refractivity contribution >= 4 is 15.7 Å². The summed E-state index contributed by atoms with van der Waals surface area (Å²) in [5, 5.41) is 6.04. The van der Waals surface area contributed by atoms with E-state index in [9.17, 15) is 13.2 Å². The first-order valence-electron chi connectivity index (χ1n) is 9.06. The van der Waals surface area contributed by atoms with Gasteiger partial charge in [0.05, 0.1) is 6.04 Å². The Bertz CT molecular complexity index is 913. The molecule has 0 bridgehead atoms. The van der Waals surface area contributed by atoms with Crippen molar-refractivity contribution in [1.29, 1.82) is 0 Å². The number of carbonyl (C=O) groups excluding carboxylic acids is 1. The number of aromatic nitrogens is 2. The number of imidazole rings is 1. The topological polar surface area (TPSA) is 93.1 Å². The summed E-state index contributed by atoms with van der Waals surface area (Å²) in [7, 11) is -3.52. The fourth-order valence-corrected chi connectivity index (χ4v) is 4.92. The highest BCUT2D eigenvalue weighted by molar-refractivity contribution is 7.92. The summed E-state index contributed by atoms with van der Waals surface area (Å²) < 4.78 is 25.4. The number of amides is 1. The fourth-order valence-electron chi connectivity index (χ4n) is 3.58. The molecule has 0 aliphatic carbocycles. The van der Waals surface area contributed by atoms with Gasteiger partial charge in [-0.05, 0) is 57.5 Å². The van der Waals surface area contributed by atoms with Crippen molar-refractivity contribution in [2.75, 3.05) is 19.3 Å². The highest BCUT2D eigenvalue weighted by Crippen LogP contribution is 2.29. The van der Waals surface area contributed by atoms with Crippen molar-refractivity contribution in [3.8, 4) is 5.69 Å². The molecule has 1 atom stereocenters. The molecular weight excluding hydrogens is 364 g/mol. The van der Waals surface area contributed by atoms with Crippen LogP contribution in [0, 0.1) is 6.92 Å². The lowest BCUT2D eigenvalue weighted by molar-refractivity contribution is -0.125. The van der Waals surface area contributed by atoms with Gasteiger partial charge in [-0.2, -0.15) is 0 Å². The Morgan fingerprint density at radius 2 is 1.89 bits per heavy atom. The molecule has 2 heterocycles. The molecule has 27 heavy (non-hydrogen) atoms. The molecule has 1 aliphatic rings. The normalized spacial score (nSPS) is 18.0. The molecule has 146 valence electrons. The van der Waals surface area contributed by atoms with Crippen molar-refractivity contribution in [3.63, 3.8) is 0 Å². The lowest BCUT2D eigenvalue weighted by Crippen LogP contribution is -2.57. The van der Waals surface area contributed by atoms with E-state index in [0.717, 1.165) is 23.3 Å². The summed E-state index contributed by atoms with van der Waals surface area (Å²) in [5.41, 5.74) is 1.90. The molecule has 2 aromatic rings. The van der Waals surface area contributed by atoms with Crippen LogP contribution in [0.25, 0.3) is 5.69 Å². The predicted molar refractivity (Wildman–Crippen MR) is 105 cm³/mol. The van der Waals surface area contributed by atoms with E-state index >= 15 is 0 Å². The van der Waals surface area contributed by atoms with Crippen molar-refractivity contribution in [2.45, 2.75) is 37.5 Å². The van der Waals surface area contributed by atoms with Crippen molar-refractivity contribution in [2.24, 2.45) is 0 Å². The first-order valence-corrected chi connectivity index (χ1v) is 11.0. The smallest absolute Gasteiger partial charge is 0.242 e. The van der Waals surface area contributed by atoms with Crippen LogP contribution in [0.2, 0.25) is 0 Å². The van der Waals surface area contributed by atoms with Crippen LogP contribution in [0.5, 0.6) is 0 Å². The first-order chi connectivity index (χ1) is 12.7. The minimum absolute atomic E-state index is 0.288. The highest BCUT2D eigenvalue weighted by Gasteiger charge is 2.48. The molecule has 1 aliphatic heterocycles. The van der Waals surface area contributed by atoms with Crippen LogP contribution in [0.15, 0.2) is 36.7 Å². The number of nitrogens with one attached hydrogen (secondary N) is 2. The molecule has 2 N–H and O–H groups in total. The number of nitrogens with zero attached hydrogens (tertiary/aromatic N) is 2. The van der Waals surface area contributed by atoms with E-state index in [1.165, 1.54) is 0 Å². The van der Waals surface area contributed by atoms with Gasteiger partial charge in [0, 0.05) is 24.3 Å². The Labute approximate surface area is 160 Å². The Balaban J connectivity index is 1.77. The lowest BCUT2D eigenvalue weighted by Gasteiger charge is -2.35. The minimum atomic E-state index is -3.52. The van der Waals surface area contributed by atoms with Gasteiger partial charge in [0.25, 0.3) is 0 Å². The van der Waals surface area contributed by atoms with Gasteiger partial charge in [-0.15, -0.1) is 0 Å². The molecule has 7 nitrogen and oxygen atoms in total. The van der Waals surface area contributed by atoms with Crippen LogP contribution in [0.3, 0.4) is 0 Å². The van der Waals surface area contributed by atoms with Crippen molar-refractivity contribution in [1.82, 2.24) is 20.2 Å². The summed E-state index contributed by atoms with van der Waals surface area (Å²) >= 11 is 0. The Hall–Kier alpha value is -2.19.